The molecule has 4 aromatic rings. The topological polar surface area (TPSA) is 97.6 Å². The molecule has 2 heterocycles. The molecule has 0 unspecified atom stereocenters. The summed E-state index contributed by atoms with van der Waals surface area (Å²) in [5.41, 5.74) is 2.68. The van der Waals surface area contributed by atoms with Crippen molar-refractivity contribution in [1.29, 1.82) is 0 Å². The van der Waals surface area contributed by atoms with Crippen molar-refractivity contribution in [3.8, 4) is 23.0 Å². The van der Waals surface area contributed by atoms with Crippen molar-refractivity contribution in [1.82, 2.24) is 4.57 Å². The lowest BCUT2D eigenvalue weighted by Gasteiger charge is -2.25. The molecule has 48 heavy (non-hydrogen) atoms. The molecule has 252 valence electrons. The molecular formula is C36H36ClIN2O7S. The van der Waals surface area contributed by atoms with Gasteiger partial charge >= 0.3 is 5.97 Å². The SMILES string of the molecule is CCOC(=O)C1=C(C)N=c2s/c(=C\c3cc(Cl)c(OCc4ccc(I)cc4)c(OCC)c3)c(=O)n2[C@H]1c1ccc(OC(C)C)c(OC)c1. The van der Waals surface area contributed by atoms with Crippen LogP contribution < -0.4 is 33.8 Å². The molecule has 0 N–H and O–H groups in total. The van der Waals surface area contributed by atoms with Gasteiger partial charge in [0.2, 0.25) is 0 Å². The van der Waals surface area contributed by atoms with E-state index in [1.165, 1.54) is 15.9 Å². The Hall–Kier alpha value is -3.81. The second kappa shape index (κ2) is 15.6. The van der Waals surface area contributed by atoms with Gasteiger partial charge in [-0.1, -0.05) is 41.1 Å². The van der Waals surface area contributed by atoms with Crippen LogP contribution in [0.3, 0.4) is 0 Å². The van der Waals surface area contributed by atoms with E-state index in [1.54, 1.807) is 51.3 Å². The fourth-order valence-electron chi connectivity index (χ4n) is 5.27. The second-order valence-corrected chi connectivity index (χ2v) is 13.7. The number of allylic oxidation sites excluding steroid dienone is 1. The Kier molecular flexibility index (Phi) is 11.5. The van der Waals surface area contributed by atoms with Gasteiger partial charge in [0.1, 0.15) is 6.61 Å². The van der Waals surface area contributed by atoms with Gasteiger partial charge in [-0.3, -0.25) is 9.36 Å². The van der Waals surface area contributed by atoms with Gasteiger partial charge in [0.05, 0.1) is 53.3 Å². The molecule has 12 heteroatoms. The van der Waals surface area contributed by atoms with Gasteiger partial charge < -0.3 is 23.7 Å². The zero-order valence-electron chi connectivity index (χ0n) is 27.5. The minimum absolute atomic E-state index is 0.0787. The zero-order valence-corrected chi connectivity index (χ0v) is 31.2. The average Bonchev–Trinajstić information content (AvgIpc) is 3.34. The molecule has 5 rings (SSSR count). The van der Waals surface area contributed by atoms with Crippen molar-refractivity contribution >= 4 is 57.6 Å². The number of hydrogen-bond donors (Lipinski definition) is 0. The van der Waals surface area contributed by atoms with E-state index in [2.05, 4.69) is 27.6 Å². The van der Waals surface area contributed by atoms with Gasteiger partial charge in [0.15, 0.2) is 27.8 Å². The van der Waals surface area contributed by atoms with Crippen LogP contribution in [0.4, 0.5) is 0 Å². The third kappa shape index (κ3) is 7.74. The molecule has 0 saturated carbocycles. The van der Waals surface area contributed by atoms with Crippen LogP contribution in [0.5, 0.6) is 23.0 Å². The second-order valence-electron chi connectivity index (χ2n) is 11.1. The van der Waals surface area contributed by atoms with Crippen LogP contribution in [0.25, 0.3) is 6.08 Å². The first-order valence-corrected chi connectivity index (χ1v) is 17.7. The number of halogens is 2. The van der Waals surface area contributed by atoms with E-state index in [0.717, 1.165) is 9.13 Å². The summed E-state index contributed by atoms with van der Waals surface area (Å²) in [6.07, 6.45) is 1.66. The summed E-state index contributed by atoms with van der Waals surface area (Å²) in [6.45, 7) is 10.1. The van der Waals surface area contributed by atoms with E-state index >= 15 is 0 Å². The molecule has 1 aromatic heterocycles. The summed E-state index contributed by atoms with van der Waals surface area (Å²) >= 11 is 10.2. The van der Waals surface area contributed by atoms with Crippen LogP contribution in [0.2, 0.25) is 5.02 Å². The first-order valence-electron chi connectivity index (χ1n) is 15.4. The summed E-state index contributed by atoms with van der Waals surface area (Å²) in [6, 6.07) is 16.1. The number of rotatable bonds is 12. The summed E-state index contributed by atoms with van der Waals surface area (Å²) in [5.74, 6) is 1.36. The predicted octanol–water partition coefficient (Wildman–Crippen LogP) is 6.83. The number of thiazole rings is 1. The van der Waals surface area contributed by atoms with Gasteiger partial charge in [-0.2, -0.15) is 0 Å². The average molecular weight is 803 g/mol. The standard InChI is InChI=1S/C36H36ClIN2O7S/c1-7-44-29-16-23(15-26(37)33(29)46-19-22-9-12-25(38)13-10-22)17-30-34(41)40-32(24-11-14-27(47-20(3)4)28(18-24)43-6)31(35(42)45-8-2)21(5)39-36(40)48-30/h9-18,20,32H,7-8,19H2,1-6H3/b30-17-/t32-/m0/s1. The summed E-state index contributed by atoms with van der Waals surface area (Å²) in [4.78, 5) is 32.7. The summed E-state index contributed by atoms with van der Waals surface area (Å²) in [7, 11) is 1.55. The highest BCUT2D eigenvalue weighted by Gasteiger charge is 2.34. The van der Waals surface area contributed by atoms with Crippen LogP contribution in [-0.2, 0) is 16.1 Å². The van der Waals surface area contributed by atoms with Crippen molar-refractivity contribution in [3.63, 3.8) is 0 Å². The number of benzene rings is 3. The summed E-state index contributed by atoms with van der Waals surface area (Å²) in [5, 5.41) is 0.347. The van der Waals surface area contributed by atoms with Crippen molar-refractivity contribution in [2.75, 3.05) is 20.3 Å². The Balaban J connectivity index is 1.60. The van der Waals surface area contributed by atoms with Gasteiger partial charge in [-0.15, -0.1) is 0 Å². The van der Waals surface area contributed by atoms with Crippen molar-refractivity contribution in [2.24, 2.45) is 4.99 Å². The quantitative estimate of drug-likeness (QED) is 0.115. The lowest BCUT2D eigenvalue weighted by Crippen LogP contribution is -2.40. The maximum Gasteiger partial charge on any atom is 0.338 e. The molecule has 1 atom stereocenters. The monoisotopic (exact) mass is 802 g/mol. The van der Waals surface area contributed by atoms with Gasteiger partial charge in [-0.25, -0.2) is 9.79 Å². The lowest BCUT2D eigenvalue weighted by molar-refractivity contribution is -0.139. The number of hydrogen-bond acceptors (Lipinski definition) is 9. The highest BCUT2D eigenvalue weighted by molar-refractivity contribution is 14.1. The molecule has 1 aliphatic rings. The van der Waals surface area contributed by atoms with Crippen LogP contribution in [0, 0.1) is 3.57 Å². The van der Waals surface area contributed by atoms with Crippen LogP contribution in [-0.4, -0.2) is 37.0 Å². The molecule has 0 fully saturated rings. The summed E-state index contributed by atoms with van der Waals surface area (Å²) < 4.78 is 32.1. The van der Waals surface area contributed by atoms with Gasteiger partial charge in [0, 0.05) is 3.57 Å². The fourth-order valence-corrected chi connectivity index (χ4v) is 6.95. The molecule has 0 bridgehead atoms. The smallest absolute Gasteiger partial charge is 0.338 e. The Labute approximate surface area is 301 Å². The Morgan fingerprint density at radius 1 is 1.04 bits per heavy atom. The molecule has 3 aromatic carbocycles. The van der Waals surface area contributed by atoms with Crippen LogP contribution >= 0.6 is 45.5 Å². The van der Waals surface area contributed by atoms with Crippen molar-refractivity contribution in [3.05, 3.63) is 111 Å². The molecular weight excluding hydrogens is 767 g/mol. The first kappa shape index (κ1) is 35.5. The molecule has 0 saturated heterocycles. The third-order valence-corrected chi connectivity index (χ3v) is 9.29. The molecule has 1 aliphatic heterocycles. The highest BCUT2D eigenvalue weighted by atomic mass is 127. The van der Waals surface area contributed by atoms with Crippen molar-refractivity contribution in [2.45, 2.75) is 53.4 Å². The highest BCUT2D eigenvalue weighted by Crippen LogP contribution is 2.38. The molecule has 9 nitrogen and oxygen atoms in total. The number of ether oxygens (including phenoxy) is 5. The number of aromatic nitrogens is 1. The van der Waals surface area contributed by atoms with Gasteiger partial charge in [-0.05, 0) is 116 Å². The third-order valence-electron chi connectivity index (χ3n) is 7.31. The fraction of sp³-hybridized carbons (Fsp3) is 0.306. The van der Waals surface area contributed by atoms with E-state index in [4.69, 9.17) is 35.3 Å². The van der Waals surface area contributed by atoms with E-state index in [0.29, 0.717) is 67.4 Å². The number of carbonyl (C=O) groups excluding carboxylic acids is 1. The Morgan fingerprint density at radius 3 is 2.46 bits per heavy atom. The Bertz CT molecular complexity index is 2040. The molecule has 0 radical (unpaired) electrons. The van der Waals surface area contributed by atoms with E-state index in [1.807, 2.05) is 51.1 Å². The first-order chi connectivity index (χ1) is 23.0. The Morgan fingerprint density at radius 2 is 1.79 bits per heavy atom. The number of esters is 1. The number of carbonyl (C=O) groups is 1. The molecule has 0 aliphatic carbocycles. The number of fused-ring (bicyclic) bond motifs is 1. The maximum atomic E-state index is 14.2. The van der Waals surface area contributed by atoms with Crippen molar-refractivity contribution < 1.29 is 28.5 Å². The predicted molar refractivity (Wildman–Crippen MR) is 195 cm³/mol. The van der Waals surface area contributed by atoms with E-state index in [9.17, 15) is 9.59 Å². The van der Waals surface area contributed by atoms with Gasteiger partial charge in [0.25, 0.3) is 5.56 Å². The normalized spacial score (nSPS) is 14.4. The molecule has 0 amide bonds. The largest absolute Gasteiger partial charge is 0.493 e. The minimum atomic E-state index is -0.816. The maximum absolute atomic E-state index is 14.2. The zero-order chi connectivity index (χ0) is 34.5. The minimum Gasteiger partial charge on any atom is -0.493 e. The van der Waals surface area contributed by atoms with E-state index in [-0.39, 0.29) is 23.8 Å². The molecule has 0 spiro atoms. The van der Waals surface area contributed by atoms with Crippen LogP contribution in [0.15, 0.2) is 75.7 Å². The lowest BCUT2D eigenvalue weighted by atomic mass is 9.95. The van der Waals surface area contributed by atoms with E-state index < -0.39 is 12.0 Å². The number of nitrogens with zero attached hydrogens (tertiary/aromatic N) is 2. The number of methoxy groups -OCH3 is 1. The van der Waals surface area contributed by atoms with Crippen LogP contribution in [0.1, 0.15) is 57.4 Å².